The Balaban J connectivity index is 1.76. The third-order valence-corrected chi connectivity index (χ3v) is 6.71. The van der Waals surface area contributed by atoms with Crippen molar-refractivity contribution in [1.82, 2.24) is 0 Å². The first-order valence-corrected chi connectivity index (χ1v) is 13.1. The van der Waals surface area contributed by atoms with Gasteiger partial charge in [-0.05, 0) is 77.6 Å². The van der Waals surface area contributed by atoms with Gasteiger partial charge in [0, 0.05) is 12.0 Å². The van der Waals surface area contributed by atoms with Crippen LogP contribution in [0, 0.1) is 6.92 Å². The number of benzene rings is 3. The van der Waals surface area contributed by atoms with Crippen LogP contribution in [0.1, 0.15) is 68.7 Å². The Kier molecular flexibility index (Phi) is 9.90. The van der Waals surface area contributed by atoms with E-state index in [4.69, 9.17) is 4.74 Å². The second-order valence-electron chi connectivity index (χ2n) is 9.54. The van der Waals surface area contributed by atoms with E-state index < -0.39 is 0 Å². The van der Waals surface area contributed by atoms with Crippen LogP contribution in [0.5, 0.6) is 0 Å². The van der Waals surface area contributed by atoms with Crippen LogP contribution in [0.3, 0.4) is 0 Å². The smallest absolute Gasteiger partial charge is 0.333 e. The molecule has 2 heteroatoms. The molecule has 0 aliphatic rings. The van der Waals surface area contributed by atoms with Crippen LogP contribution >= 0.6 is 0 Å². The maximum atomic E-state index is 11.7. The molecule has 0 fully saturated rings. The predicted octanol–water partition coefficient (Wildman–Crippen LogP) is 8.68. The Morgan fingerprint density at radius 3 is 2.17 bits per heavy atom. The van der Waals surface area contributed by atoms with Crippen molar-refractivity contribution in [2.75, 3.05) is 6.61 Å². The van der Waals surface area contributed by atoms with Crippen molar-refractivity contribution in [2.45, 2.75) is 72.6 Å². The van der Waals surface area contributed by atoms with E-state index in [1.807, 2.05) is 0 Å². The quantitative estimate of drug-likeness (QED) is 0.151. The molecule has 0 amide bonds. The Morgan fingerprint density at radius 1 is 0.800 bits per heavy atom. The summed E-state index contributed by atoms with van der Waals surface area (Å²) in [4.78, 5) is 11.7. The minimum absolute atomic E-state index is 0.327. The molecule has 35 heavy (non-hydrogen) atoms. The van der Waals surface area contributed by atoms with E-state index in [0.717, 1.165) is 6.42 Å². The van der Waals surface area contributed by atoms with E-state index in [0.29, 0.717) is 18.6 Å². The Bertz CT molecular complexity index is 1140. The number of hydrogen-bond donors (Lipinski definition) is 0. The summed E-state index contributed by atoms with van der Waals surface area (Å²) in [5.41, 5.74) is 10.6. The lowest BCUT2D eigenvalue weighted by molar-refractivity contribution is -0.138. The van der Waals surface area contributed by atoms with Gasteiger partial charge in [0.2, 0.25) is 0 Å². The first-order chi connectivity index (χ1) is 16.9. The number of carbonyl (C=O) groups is 1. The molecule has 0 aromatic heterocycles. The van der Waals surface area contributed by atoms with Crippen molar-refractivity contribution in [3.05, 3.63) is 95.1 Å². The lowest BCUT2D eigenvalue weighted by Crippen LogP contribution is -2.08. The van der Waals surface area contributed by atoms with E-state index in [9.17, 15) is 4.79 Å². The standard InChI is InChI=1S/C33H40O2/c1-6-8-9-10-11-26-13-16-28(17-14-26)30-18-19-32(27(7-2)22-30)31-15-12-25(5)29(23-31)20-21-35-33(34)24(3)4/h12-19,22-23H,3,6-11,20-21H2,1-2,4-5H3. The molecule has 2 nitrogen and oxygen atoms in total. The van der Waals surface area contributed by atoms with Gasteiger partial charge in [0.25, 0.3) is 0 Å². The molecule has 0 unspecified atom stereocenters. The Labute approximate surface area is 212 Å². The number of hydrogen-bond acceptors (Lipinski definition) is 2. The van der Waals surface area contributed by atoms with E-state index >= 15 is 0 Å². The lowest BCUT2D eigenvalue weighted by Gasteiger charge is -2.14. The summed E-state index contributed by atoms with van der Waals surface area (Å²) in [6, 6.07) is 22.5. The SMILES string of the molecule is C=C(C)C(=O)OCCc1cc(-c2ccc(-c3ccc(CCCCCC)cc3)cc2CC)ccc1C. The zero-order chi connectivity index (χ0) is 25.2. The zero-order valence-corrected chi connectivity index (χ0v) is 22.0. The van der Waals surface area contributed by atoms with Crippen molar-refractivity contribution >= 4 is 5.97 Å². The van der Waals surface area contributed by atoms with Gasteiger partial charge in [-0.25, -0.2) is 4.79 Å². The molecule has 3 aromatic rings. The highest BCUT2D eigenvalue weighted by molar-refractivity contribution is 5.86. The number of unbranched alkanes of at least 4 members (excludes halogenated alkanes) is 3. The van der Waals surface area contributed by atoms with Crippen molar-refractivity contribution in [3.8, 4) is 22.3 Å². The lowest BCUT2D eigenvalue weighted by atomic mass is 9.91. The fraction of sp³-hybridized carbons (Fsp3) is 0.364. The van der Waals surface area contributed by atoms with Crippen LogP contribution in [0.2, 0.25) is 0 Å². The fourth-order valence-electron chi connectivity index (χ4n) is 4.45. The van der Waals surface area contributed by atoms with Crippen LogP contribution in [-0.4, -0.2) is 12.6 Å². The molecule has 0 atom stereocenters. The number of rotatable bonds is 12. The van der Waals surface area contributed by atoms with E-state index in [1.54, 1.807) is 6.92 Å². The zero-order valence-electron chi connectivity index (χ0n) is 22.0. The van der Waals surface area contributed by atoms with Gasteiger partial charge in [-0.2, -0.15) is 0 Å². The molecular weight excluding hydrogens is 428 g/mol. The summed E-state index contributed by atoms with van der Waals surface area (Å²) in [7, 11) is 0. The molecule has 3 rings (SSSR count). The molecule has 0 spiro atoms. The van der Waals surface area contributed by atoms with Crippen LogP contribution in [0.25, 0.3) is 22.3 Å². The van der Waals surface area contributed by atoms with E-state index in [2.05, 4.69) is 88.0 Å². The second kappa shape index (κ2) is 13.1. The molecular formula is C33H40O2. The van der Waals surface area contributed by atoms with Gasteiger partial charge in [0.1, 0.15) is 0 Å². The molecule has 0 bridgehead atoms. The fourth-order valence-corrected chi connectivity index (χ4v) is 4.45. The van der Waals surface area contributed by atoms with Gasteiger partial charge in [-0.3, -0.25) is 0 Å². The van der Waals surface area contributed by atoms with Gasteiger partial charge in [0.05, 0.1) is 6.61 Å². The normalized spacial score (nSPS) is 10.9. The number of carbonyl (C=O) groups excluding carboxylic acids is 1. The number of aryl methyl sites for hydroxylation is 3. The number of ether oxygens (including phenoxy) is 1. The third-order valence-electron chi connectivity index (χ3n) is 6.71. The topological polar surface area (TPSA) is 26.3 Å². The van der Waals surface area contributed by atoms with Gasteiger partial charge >= 0.3 is 5.97 Å². The molecule has 184 valence electrons. The average molecular weight is 469 g/mol. The van der Waals surface area contributed by atoms with Crippen LogP contribution in [-0.2, 0) is 28.8 Å². The van der Waals surface area contributed by atoms with Crippen molar-refractivity contribution in [1.29, 1.82) is 0 Å². The average Bonchev–Trinajstić information content (AvgIpc) is 2.87. The highest BCUT2D eigenvalue weighted by atomic mass is 16.5. The summed E-state index contributed by atoms with van der Waals surface area (Å²) in [5.74, 6) is -0.327. The highest BCUT2D eigenvalue weighted by Crippen LogP contribution is 2.31. The monoisotopic (exact) mass is 468 g/mol. The third kappa shape index (κ3) is 7.42. The largest absolute Gasteiger partial charge is 0.462 e. The number of esters is 1. The van der Waals surface area contributed by atoms with Gasteiger partial charge in [0.15, 0.2) is 0 Å². The van der Waals surface area contributed by atoms with Gasteiger partial charge in [-0.15, -0.1) is 0 Å². The van der Waals surface area contributed by atoms with E-state index in [1.165, 1.54) is 76.6 Å². The molecule has 0 saturated heterocycles. The summed E-state index contributed by atoms with van der Waals surface area (Å²) in [5, 5.41) is 0. The Hall–Kier alpha value is -3.13. The first kappa shape index (κ1) is 26.5. The summed E-state index contributed by atoms with van der Waals surface area (Å²) < 4.78 is 5.32. The molecule has 0 radical (unpaired) electrons. The Morgan fingerprint density at radius 2 is 1.49 bits per heavy atom. The van der Waals surface area contributed by atoms with Gasteiger partial charge < -0.3 is 4.74 Å². The highest BCUT2D eigenvalue weighted by Gasteiger charge is 2.10. The summed E-state index contributed by atoms with van der Waals surface area (Å²) >= 11 is 0. The minimum atomic E-state index is -0.327. The van der Waals surface area contributed by atoms with Gasteiger partial charge in [-0.1, -0.05) is 100 Å². The molecule has 0 aliphatic carbocycles. The van der Waals surface area contributed by atoms with Crippen molar-refractivity contribution in [3.63, 3.8) is 0 Å². The predicted molar refractivity (Wildman–Crippen MR) is 149 cm³/mol. The maximum absolute atomic E-state index is 11.7. The molecule has 3 aromatic carbocycles. The molecule has 0 N–H and O–H groups in total. The second-order valence-corrected chi connectivity index (χ2v) is 9.54. The van der Waals surface area contributed by atoms with Crippen LogP contribution in [0.4, 0.5) is 0 Å². The van der Waals surface area contributed by atoms with Crippen LogP contribution < -0.4 is 0 Å². The molecule has 0 saturated carbocycles. The van der Waals surface area contributed by atoms with Crippen LogP contribution in [0.15, 0.2) is 72.8 Å². The maximum Gasteiger partial charge on any atom is 0.333 e. The van der Waals surface area contributed by atoms with Crippen molar-refractivity contribution in [2.24, 2.45) is 0 Å². The summed E-state index contributed by atoms with van der Waals surface area (Å²) in [6.07, 6.45) is 8.04. The first-order valence-electron chi connectivity index (χ1n) is 13.1. The molecule has 0 aliphatic heterocycles. The van der Waals surface area contributed by atoms with Crippen molar-refractivity contribution < 1.29 is 9.53 Å². The molecule has 0 heterocycles. The minimum Gasteiger partial charge on any atom is -0.462 e. The summed E-state index contributed by atoms with van der Waals surface area (Å²) in [6.45, 7) is 12.3. The van der Waals surface area contributed by atoms with E-state index in [-0.39, 0.29) is 5.97 Å².